The van der Waals surface area contributed by atoms with Crippen molar-refractivity contribution in [3.63, 3.8) is 0 Å². The Labute approximate surface area is 145 Å². The van der Waals surface area contributed by atoms with Crippen LogP contribution in [0.5, 0.6) is 0 Å². The fourth-order valence-electron chi connectivity index (χ4n) is 2.38. The number of nitrogens with one attached hydrogen (secondary N) is 1. The maximum atomic E-state index is 11.8. The second kappa shape index (κ2) is 12.1. The normalized spacial score (nSPS) is 11.5. The van der Waals surface area contributed by atoms with E-state index in [-0.39, 0.29) is 5.91 Å². The molecule has 1 N–H and O–H groups in total. The van der Waals surface area contributed by atoms with Gasteiger partial charge in [0.05, 0.1) is 5.71 Å². The minimum Gasteiger partial charge on any atom is -0.273 e. The SMILES string of the molecule is CCCCCCCCCCC(=O)NN=C(C)c1ccc(Cl)cc1. The summed E-state index contributed by atoms with van der Waals surface area (Å²) in [5.41, 5.74) is 4.37. The first-order valence-corrected chi connectivity index (χ1v) is 9.10. The standard InChI is InChI=1S/C19H29ClN2O/c1-3-4-5-6-7-8-9-10-11-19(23)22-21-16(2)17-12-14-18(20)15-13-17/h12-15H,3-11H2,1-2H3,(H,22,23). The number of hydrazone groups is 1. The van der Waals surface area contributed by atoms with E-state index in [1.54, 1.807) is 0 Å². The van der Waals surface area contributed by atoms with Gasteiger partial charge >= 0.3 is 0 Å². The molecule has 0 saturated heterocycles. The third-order valence-electron chi connectivity index (χ3n) is 3.87. The number of unbranched alkanes of at least 4 members (excludes halogenated alkanes) is 7. The number of carbonyl (C=O) groups is 1. The molecule has 0 heterocycles. The topological polar surface area (TPSA) is 41.5 Å². The molecular formula is C19H29ClN2O. The van der Waals surface area contributed by atoms with Gasteiger partial charge in [0.2, 0.25) is 5.91 Å². The lowest BCUT2D eigenvalue weighted by Gasteiger charge is -2.04. The Bertz CT molecular complexity index is 483. The number of rotatable bonds is 11. The first-order chi connectivity index (χ1) is 11.1. The van der Waals surface area contributed by atoms with Crippen LogP contribution in [0.1, 0.15) is 77.2 Å². The van der Waals surface area contributed by atoms with Crippen LogP contribution in [0.3, 0.4) is 0 Å². The summed E-state index contributed by atoms with van der Waals surface area (Å²) in [6, 6.07) is 7.42. The fourth-order valence-corrected chi connectivity index (χ4v) is 2.50. The molecule has 0 aromatic heterocycles. The van der Waals surface area contributed by atoms with Gasteiger partial charge in [-0.3, -0.25) is 4.79 Å². The van der Waals surface area contributed by atoms with Gasteiger partial charge in [-0.25, -0.2) is 5.43 Å². The summed E-state index contributed by atoms with van der Waals surface area (Å²) in [6.45, 7) is 4.11. The Morgan fingerprint density at radius 3 is 2.17 bits per heavy atom. The Balaban J connectivity index is 2.14. The van der Waals surface area contributed by atoms with Crippen molar-refractivity contribution in [3.8, 4) is 0 Å². The minimum atomic E-state index is -0.00991. The van der Waals surface area contributed by atoms with Gasteiger partial charge in [0.1, 0.15) is 0 Å². The Morgan fingerprint density at radius 1 is 1.00 bits per heavy atom. The number of amides is 1. The van der Waals surface area contributed by atoms with Gasteiger partial charge in [-0.15, -0.1) is 0 Å². The highest BCUT2D eigenvalue weighted by Gasteiger charge is 2.02. The van der Waals surface area contributed by atoms with Gasteiger partial charge in [0.15, 0.2) is 0 Å². The van der Waals surface area contributed by atoms with Crippen LogP contribution in [0.15, 0.2) is 29.4 Å². The molecule has 1 aromatic carbocycles. The highest BCUT2D eigenvalue weighted by molar-refractivity contribution is 6.30. The summed E-state index contributed by atoms with van der Waals surface area (Å²) in [5, 5.41) is 4.84. The molecule has 23 heavy (non-hydrogen) atoms. The van der Waals surface area contributed by atoms with Crippen LogP contribution in [0, 0.1) is 0 Å². The van der Waals surface area contributed by atoms with E-state index in [1.165, 1.54) is 38.5 Å². The van der Waals surface area contributed by atoms with Gasteiger partial charge < -0.3 is 0 Å². The first-order valence-electron chi connectivity index (χ1n) is 8.72. The predicted molar refractivity (Wildman–Crippen MR) is 99.0 cm³/mol. The monoisotopic (exact) mass is 336 g/mol. The summed E-state index contributed by atoms with van der Waals surface area (Å²) in [4.78, 5) is 11.8. The smallest absolute Gasteiger partial charge is 0.240 e. The van der Waals surface area contributed by atoms with E-state index in [2.05, 4.69) is 17.5 Å². The van der Waals surface area contributed by atoms with Crippen molar-refractivity contribution < 1.29 is 4.79 Å². The first kappa shape index (κ1) is 19.7. The van der Waals surface area contributed by atoms with Crippen LogP contribution in [-0.4, -0.2) is 11.6 Å². The second-order valence-corrected chi connectivity index (χ2v) is 6.40. The van der Waals surface area contributed by atoms with Crippen LogP contribution in [-0.2, 0) is 4.79 Å². The fraction of sp³-hybridized carbons (Fsp3) is 0.579. The average Bonchev–Trinajstić information content (AvgIpc) is 2.55. The zero-order chi connectivity index (χ0) is 16.9. The Morgan fingerprint density at radius 2 is 1.57 bits per heavy atom. The largest absolute Gasteiger partial charge is 0.273 e. The molecule has 3 nitrogen and oxygen atoms in total. The van der Waals surface area contributed by atoms with E-state index in [0.29, 0.717) is 11.4 Å². The summed E-state index contributed by atoms with van der Waals surface area (Å²) in [6.07, 6.45) is 10.4. The molecule has 0 aliphatic rings. The van der Waals surface area contributed by atoms with Crippen LogP contribution in [0.4, 0.5) is 0 Å². The van der Waals surface area contributed by atoms with Crippen molar-refractivity contribution in [3.05, 3.63) is 34.9 Å². The molecule has 0 fully saturated rings. The molecule has 1 aromatic rings. The lowest BCUT2D eigenvalue weighted by atomic mass is 10.1. The number of halogens is 1. The van der Waals surface area contributed by atoms with Crippen molar-refractivity contribution in [2.24, 2.45) is 5.10 Å². The van der Waals surface area contributed by atoms with Gasteiger partial charge in [0.25, 0.3) is 0 Å². The van der Waals surface area contributed by atoms with Gasteiger partial charge in [-0.2, -0.15) is 5.10 Å². The minimum absolute atomic E-state index is 0.00991. The van der Waals surface area contributed by atoms with Crippen LogP contribution >= 0.6 is 11.6 Å². The highest BCUT2D eigenvalue weighted by atomic mass is 35.5. The molecule has 4 heteroatoms. The van der Waals surface area contributed by atoms with E-state index in [0.717, 1.165) is 24.1 Å². The number of hydrogen-bond donors (Lipinski definition) is 1. The van der Waals surface area contributed by atoms with E-state index in [1.807, 2.05) is 31.2 Å². The summed E-state index contributed by atoms with van der Waals surface area (Å²) in [7, 11) is 0. The molecule has 0 saturated carbocycles. The third kappa shape index (κ3) is 9.39. The molecular weight excluding hydrogens is 308 g/mol. The van der Waals surface area contributed by atoms with Crippen molar-refractivity contribution in [1.82, 2.24) is 5.43 Å². The second-order valence-electron chi connectivity index (χ2n) is 5.96. The number of carbonyl (C=O) groups excluding carboxylic acids is 1. The highest BCUT2D eigenvalue weighted by Crippen LogP contribution is 2.11. The number of nitrogens with zero attached hydrogens (tertiary/aromatic N) is 1. The molecule has 1 amide bonds. The van der Waals surface area contributed by atoms with E-state index in [4.69, 9.17) is 11.6 Å². The summed E-state index contributed by atoms with van der Waals surface area (Å²) in [5.74, 6) is -0.00991. The van der Waals surface area contributed by atoms with Gasteiger partial charge in [0, 0.05) is 11.4 Å². The van der Waals surface area contributed by atoms with Crippen molar-refractivity contribution in [2.45, 2.75) is 71.6 Å². The number of benzene rings is 1. The van der Waals surface area contributed by atoms with E-state index >= 15 is 0 Å². The van der Waals surface area contributed by atoms with Crippen molar-refractivity contribution in [2.75, 3.05) is 0 Å². The third-order valence-corrected chi connectivity index (χ3v) is 4.12. The van der Waals surface area contributed by atoms with Gasteiger partial charge in [-0.1, -0.05) is 75.6 Å². The summed E-state index contributed by atoms with van der Waals surface area (Å²) < 4.78 is 0. The Kier molecular flexibility index (Phi) is 10.4. The predicted octanol–water partition coefficient (Wildman–Crippen LogP) is 5.71. The molecule has 0 aliphatic heterocycles. The lowest BCUT2D eigenvalue weighted by molar-refractivity contribution is -0.121. The maximum absolute atomic E-state index is 11.8. The lowest BCUT2D eigenvalue weighted by Crippen LogP contribution is -2.18. The van der Waals surface area contributed by atoms with Crippen LogP contribution in [0.2, 0.25) is 5.02 Å². The molecule has 0 aliphatic carbocycles. The molecule has 128 valence electrons. The van der Waals surface area contributed by atoms with Crippen LogP contribution in [0.25, 0.3) is 0 Å². The molecule has 0 unspecified atom stereocenters. The molecule has 0 radical (unpaired) electrons. The van der Waals surface area contributed by atoms with E-state index in [9.17, 15) is 4.79 Å². The van der Waals surface area contributed by atoms with Gasteiger partial charge in [-0.05, 0) is 31.0 Å². The molecule has 0 bridgehead atoms. The van der Waals surface area contributed by atoms with Crippen LogP contribution < -0.4 is 5.43 Å². The zero-order valence-electron chi connectivity index (χ0n) is 14.4. The maximum Gasteiger partial charge on any atom is 0.240 e. The van der Waals surface area contributed by atoms with Crippen molar-refractivity contribution >= 4 is 23.2 Å². The van der Waals surface area contributed by atoms with E-state index < -0.39 is 0 Å². The average molecular weight is 337 g/mol. The molecule has 0 atom stereocenters. The van der Waals surface area contributed by atoms with Crippen molar-refractivity contribution in [1.29, 1.82) is 0 Å². The summed E-state index contributed by atoms with van der Waals surface area (Å²) >= 11 is 5.85. The quantitative estimate of drug-likeness (QED) is 0.314. The molecule has 0 spiro atoms. The molecule has 1 rings (SSSR count). The number of hydrogen-bond acceptors (Lipinski definition) is 2. The zero-order valence-corrected chi connectivity index (χ0v) is 15.2. The Hall–Kier alpha value is -1.35.